The molecule has 0 spiro atoms. The Bertz CT molecular complexity index is 1250. The molecule has 1 aliphatic heterocycles. The molecule has 1 aliphatic rings. The monoisotopic (exact) mass is 546 g/mol. The molecule has 1 aromatic carbocycles. The Morgan fingerprint density at radius 3 is 2.73 bits per heavy atom. The number of nitrogens with zero attached hydrogens (tertiary/aromatic N) is 6. The lowest BCUT2D eigenvalue weighted by atomic mass is 10.1. The second-order valence-corrected chi connectivity index (χ2v) is 10.1. The van der Waals surface area contributed by atoms with E-state index in [0.29, 0.717) is 33.0 Å². The maximum Gasteiger partial charge on any atom is 0.219 e. The topological polar surface area (TPSA) is 133 Å². The van der Waals surface area contributed by atoms with Crippen LogP contribution in [0.2, 0.25) is 5.02 Å². The minimum Gasteiger partial charge on any atom is -0.396 e. The summed E-state index contributed by atoms with van der Waals surface area (Å²) >= 11 is 7.37. The molecular formula is C24H28ClFN8O2S. The maximum absolute atomic E-state index is 14.5. The van der Waals surface area contributed by atoms with Gasteiger partial charge in [-0.3, -0.25) is 9.69 Å². The number of aromatic nitrogens is 4. The molecule has 3 aromatic rings. The third-order valence-corrected chi connectivity index (χ3v) is 7.16. The summed E-state index contributed by atoms with van der Waals surface area (Å²) in [6.45, 7) is 3.27. The predicted molar refractivity (Wildman–Crippen MR) is 141 cm³/mol. The van der Waals surface area contributed by atoms with E-state index in [4.69, 9.17) is 17.3 Å². The van der Waals surface area contributed by atoms with Crippen LogP contribution in [0.3, 0.4) is 0 Å². The number of primary amides is 1. The summed E-state index contributed by atoms with van der Waals surface area (Å²) in [7, 11) is 2.06. The first kappa shape index (κ1) is 27.1. The molecule has 0 aliphatic carbocycles. The van der Waals surface area contributed by atoms with Gasteiger partial charge in [-0.2, -0.15) is 0 Å². The molecule has 0 radical (unpaired) electrons. The van der Waals surface area contributed by atoms with Crippen molar-refractivity contribution in [3.63, 3.8) is 0 Å². The Morgan fingerprint density at radius 1 is 1.22 bits per heavy atom. The average molecular weight is 547 g/mol. The van der Waals surface area contributed by atoms with Crippen molar-refractivity contribution in [3.8, 4) is 11.3 Å². The van der Waals surface area contributed by atoms with Gasteiger partial charge in [0.2, 0.25) is 5.91 Å². The fourth-order valence-electron chi connectivity index (χ4n) is 4.05. The number of benzene rings is 1. The number of thioether (sulfide) groups is 1. The zero-order valence-corrected chi connectivity index (χ0v) is 21.8. The molecule has 10 nitrogen and oxygen atoms in total. The Balaban J connectivity index is 1.66. The summed E-state index contributed by atoms with van der Waals surface area (Å²) in [4.78, 5) is 25.1. The van der Waals surface area contributed by atoms with E-state index < -0.39 is 11.7 Å². The van der Waals surface area contributed by atoms with Crippen LogP contribution in [-0.2, 0) is 4.79 Å². The van der Waals surface area contributed by atoms with Gasteiger partial charge < -0.3 is 21.1 Å². The highest BCUT2D eigenvalue weighted by atomic mass is 35.5. The van der Waals surface area contributed by atoms with Gasteiger partial charge in [0, 0.05) is 55.0 Å². The zero-order chi connectivity index (χ0) is 26.4. The van der Waals surface area contributed by atoms with Gasteiger partial charge in [0.05, 0.1) is 29.7 Å². The number of anilines is 2. The van der Waals surface area contributed by atoms with Crippen molar-refractivity contribution in [1.29, 1.82) is 0 Å². The summed E-state index contributed by atoms with van der Waals surface area (Å²) in [6, 6.07) is 7.36. The van der Waals surface area contributed by atoms with Gasteiger partial charge in [-0.15, -0.1) is 22.0 Å². The largest absolute Gasteiger partial charge is 0.396 e. The number of piperazine rings is 1. The van der Waals surface area contributed by atoms with Gasteiger partial charge in [0.15, 0.2) is 0 Å². The normalized spacial score (nSPS) is 15.5. The van der Waals surface area contributed by atoms with E-state index in [-0.39, 0.29) is 30.3 Å². The van der Waals surface area contributed by atoms with Gasteiger partial charge in [-0.25, -0.2) is 14.4 Å². The quantitative estimate of drug-likeness (QED) is 0.326. The van der Waals surface area contributed by atoms with Crippen molar-refractivity contribution in [1.82, 2.24) is 30.0 Å². The van der Waals surface area contributed by atoms with Crippen molar-refractivity contribution >= 4 is 40.8 Å². The van der Waals surface area contributed by atoms with Gasteiger partial charge in [-0.1, -0.05) is 11.6 Å². The second-order valence-electron chi connectivity index (χ2n) is 8.62. The van der Waals surface area contributed by atoms with Crippen LogP contribution in [0.25, 0.3) is 11.3 Å². The molecule has 1 amide bonds. The number of nitrogens with two attached hydrogens (primary N) is 1. The minimum atomic E-state index is -0.480. The van der Waals surface area contributed by atoms with E-state index in [1.165, 1.54) is 36.3 Å². The molecule has 196 valence electrons. The number of aliphatic hydroxyl groups is 1. The first-order valence-corrected chi connectivity index (χ1v) is 13.1. The summed E-state index contributed by atoms with van der Waals surface area (Å²) < 4.78 is 14.5. The van der Waals surface area contributed by atoms with Crippen LogP contribution in [0.1, 0.15) is 18.2 Å². The molecule has 2 aromatic heterocycles. The molecule has 13 heteroatoms. The van der Waals surface area contributed by atoms with Gasteiger partial charge >= 0.3 is 0 Å². The summed E-state index contributed by atoms with van der Waals surface area (Å²) in [5.74, 6) is -0.0321. The van der Waals surface area contributed by atoms with Gasteiger partial charge in [0.25, 0.3) is 0 Å². The fraction of sp³-hybridized carbons (Fsp3) is 0.375. The molecule has 3 heterocycles. The standard InChI is InChI=1S/C24H28ClFN8O2S/c1-33-4-6-34(7-5-33)21(13-22(27)36)19-12-23(29-14-28-19)30-20-11-18(31-32-24(20)37-9-8-35)16-10-15(25)2-3-17(16)26/h2-3,10-12,14,21,35H,4-9,13H2,1H3,(H2,27,36)(H,28,29,30,31). The first-order valence-electron chi connectivity index (χ1n) is 11.7. The Labute approximate surface area is 223 Å². The van der Waals surface area contributed by atoms with E-state index in [1.807, 2.05) is 0 Å². The van der Waals surface area contributed by atoms with Crippen LogP contribution in [0.5, 0.6) is 0 Å². The van der Waals surface area contributed by atoms with Crippen LogP contribution < -0.4 is 11.1 Å². The van der Waals surface area contributed by atoms with Crippen molar-refractivity contribution in [2.75, 3.05) is 50.9 Å². The van der Waals surface area contributed by atoms with E-state index in [1.54, 1.807) is 12.1 Å². The molecule has 1 saturated heterocycles. The Kier molecular flexibility index (Phi) is 9.22. The molecular weight excluding hydrogens is 519 g/mol. The molecule has 0 bridgehead atoms. The number of carbonyl (C=O) groups excluding carboxylic acids is 1. The highest BCUT2D eigenvalue weighted by molar-refractivity contribution is 7.99. The van der Waals surface area contributed by atoms with Crippen LogP contribution in [0, 0.1) is 5.82 Å². The van der Waals surface area contributed by atoms with Gasteiger partial charge in [0.1, 0.15) is 23.0 Å². The number of hydrogen-bond acceptors (Lipinski definition) is 10. The molecule has 37 heavy (non-hydrogen) atoms. The predicted octanol–water partition coefficient (Wildman–Crippen LogP) is 2.72. The molecule has 4 rings (SSSR count). The Hall–Kier alpha value is -2.90. The third kappa shape index (κ3) is 7.11. The second kappa shape index (κ2) is 12.6. The van der Waals surface area contributed by atoms with Crippen molar-refractivity contribution in [2.24, 2.45) is 5.73 Å². The maximum atomic E-state index is 14.5. The summed E-state index contributed by atoms with van der Waals surface area (Å²) in [6.07, 6.45) is 1.56. The smallest absolute Gasteiger partial charge is 0.219 e. The number of nitrogens with one attached hydrogen (secondary N) is 1. The molecule has 0 saturated carbocycles. The number of aliphatic hydroxyl groups excluding tert-OH is 1. The van der Waals surface area contributed by atoms with Crippen molar-refractivity contribution in [3.05, 3.63) is 53.2 Å². The average Bonchev–Trinajstić information content (AvgIpc) is 2.88. The number of halogens is 2. The minimum absolute atomic E-state index is 0.0477. The van der Waals surface area contributed by atoms with E-state index in [0.717, 1.165) is 26.2 Å². The number of hydrogen-bond donors (Lipinski definition) is 3. The number of amides is 1. The van der Waals surface area contributed by atoms with E-state index in [9.17, 15) is 14.3 Å². The van der Waals surface area contributed by atoms with Crippen LogP contribution in [0.4, 0.5) is 15.9 Å². The SMILES string of the molecule is CN1CCN(C(CC(N)=O)c2cc(Nc3cc(-c4cc(Cl)ccc4F)nnc3SCCO)ncn2)CC1. The number of rotatable bonds is 10. The first-order chi connectivity index (χ1) is 17.8. The lowest BCUT2D eigenvalue weighted by Gasteiger charge is -2.37. The molecule has 1 unspecified atom stereocenters. The third-order valence-electron chi connectivity index (χ3n) is 5.96. The van der Waals surface area contributed by atoms with Crippen molar-refractivity contribution < 1.29 is 14.3 Å². The Morgan fingerprint density at radius 2 is 2.00 bits per heavy atom. The zero-order valence-electron chi connectivity index (χ0n) is 20.3. The molecule has 1 fully saturated rings. The summed E-state index contributed by atoms with van der Waals surface area (Å²) in [5.41, 5.74) is 7.26. The van der Waals surface area contributed by atoms with E-state index >= 15 is 0 Å². The van der Waals surface area contributed by atoms with Crippen LogP contribution in [0.15, 0.2) is 41.7 Å². The van der Waals surface area contributed by atoms with Crippen LogP contribution >= 0.6 is 23.4 Å². The fourth-order valence-corrected chi connectivity index (χ4v) is 4.87. The van der Waals surface area contributed by atoms with Crippen LogP contribution in [-0.4, -0.2) is 86.6 Å². The lowest BCUT2D eigenvalue weighted by Crippen LogP contribution is -2.46. The number of likely N-dealkylation sites (N-methyl/N-ethyl adjacent to an activating group) is 1. The van der Waals surface area contributed by atoms with E-state index in [2.05, 4.69) is 42.3 Å². The lowest BCUT2D eigenvalue weighted by molar-refractivity contribution is -0.119. The summed E-state index contributed by atoms with van der Waals surface area (Å²) in [5, 5.41) is 21.8. The highest BCUT2D eigenvalue weighted by Crippen LogP contribution is 2.33. The number of carbonyl (C=O) groups is 1. The molecule has 1 atom stereocenters. The highest BCUT2D eigenvalue weighted by Gasteiger charge is 2.27. The van der Waals surface area contributed by atoms with Gasteiger partial charge in [-0.05, 0) is 31.3 Å². The van der Waals surface area contributed by atoms with Crippen molar-refractivity contribution in [2.45, 2.75) is 17.5 Å². The molecule has 4 N–H and O–H groups in total.